The monoisotopic (exact) mass is 305 g/mol. The third-order valence-electron chi connectivity index (χ3n) is 5.43. The SMILES string of the molecule is CCN(CC)C1(c2ccc(O)cc2)CCC2(CC1)OCCO2. The van der Waals surface area contributed by atoms with Gasteiger partial charge < -0.3 is 14.6 Å². The summed E-state index contributed by atoms with van der Waals surface area (Å²) in [6, 6.07) is 7.74. The molecule has 22 heavy (non-hydrogen) atoms. The van der Waals surface area contributed by atoms with Gasteiger partial charge in [0, 0.05) is 18.4 Å². The highest BCUT2D eigenvalue weighted by atomic mass is 16.7. The van der Waals surface area contributed by atoms with Crippen molar-refractivity contribution in [3.05, 3.63) is 29.8 Å². The van der Waals surface area contributed by atoms with Crippen molar-refractivity contribution < 1.29 is 14.6 Å². The second-order valence-electron chi connectivity index (χ2n) is 6.36. The molecule has 4 heteroatoms. The number of nitrogens with zero attached hydrogens (tertiary/aromatic N) is 1. The Morgan fingerprint density at radius 2 is 1.50 bits per heavy atom. The average molecular weight is 305 g/mol. The van der Waals surface area contributed by atoms with E-state index < -0.39 is 0 Å². The van der Waals surface area contributed by atoms with Crippen molar-refractivity contribution in [2.75, 3.05) is 26.3 Å². The second kappa shape index (κ2) is 6.19. The van der Waals surface area contributed by atoms with Gasteiger partial charge in [-0.05, 0) is 43.6 Å². The van der Waals surface area contributed by atoms with E-state index in [1.54, 1.807) is 12.1 Å². The van der Waals surface area contributed by atoms with Gasteiger partial charge in [-0.2, -0.15) is 0 Å². The van der Waals surface area contributed by atoms with Gasteiger partial charge in [0.25, 0.3) is 0 Å². The number of phenolic OH excluding ortho intramolecular Hbond substituents is 1. The van der Waals surface area contributed by atoms with Crippen LogP contribution in [0.5, 0.6) is 5.75 Å². The van der Waals surface area contributed by atoms with Crippen LogP contribution in [0, 0.1) is 0 Å². The molecule has 0 unspecified atom stereocenters. The lowest BCUT2D eigenvalue weighted by molar-refractivity contribution is -0.195. The van der Waals surface area contributed by atoms with Crippen LogP contribution in [0.4, 0.5) is 0 Å². The number of hydrogen-bond donors (Lipinski definition) is 1. The summed E-state index contributed by atoms with van der Waals surface area (Å²) >= 11 is 0. The van der Waals surface area contributed by atoms with Gasteiger partial charge in [-0.15, -0.1) is 0 Å². The number of aromatic hydroxyl groups is 1. The molecule has 2 aliphatic rings. The molecule has 0 amide bonds. The van der Waals surface area contributed by atoms with E-state index >= 15 is 0 Å². The molecule has 0 radical (unpaired) electrons. The van der Waals surface area contributed by atoms with Crippen LogP contribution in [0.3, 0.4) is 0 Å². The molecule has 1 saturated carbocycles. The van der Waals surface area contributed by atoms with E-state index in [4.69, 9.17) is 9.47 Å². The van der Waals surface area contributed by atoms with E-state index in [9.17, 15) is 5.11 Å². The zero-order chi connectivity index (χ0) is 15.6. The van der Waals surface area contributed by atoms with E-state index in [0.717, 1.165) is 52.0 Å². The molecule has 4 nitrogen and oxygen atoms in total. The molecule has 122 valence electrons. The zero-order valence-corrected chi connectivity index (χ0v) is 13.7. The smallest absolute Gasteiger partial charge is 0.168 e. The van der Waals surface area contributed by atoms with Crippen molar-refractivity contribution in [1.82, 2.24) is 4.90 Å². The summed E-state index contributed by atoms with van der Waals surface area (Å²) in [5.41, 5.74) is 1.32. The van der Waals surface area contributed by atoms with Gasteiger partial charge in [0.05, 0.1) is 13.2 Å². The Bertz CT molecular complexity index is 480. The van der Waals surface area contributed by atoms with Crippen molar-refractivity contribution in [1.29, 1.82) is 0 Å². The number of hydrogen-bond acceptors (Lipinski definition) is 4. The molecular weight excluding hydrogens is 278 g/mol. The van der Waals surface area contributed by atoms with Crippen LogP contribution >= 0.6 is 0 Å². The van der Waals surface area contributed by atoms with E-state index in [2.05, 4.69) is 30.9 Å². The summed E-state index contributed by atoms with van der Waals surface area (Å²) < 4.78 is 11.8. The first-order chi connectivity index (χ1) is 10.6. The van der Waals surface area contributed by atoms with Crippen molar-refractivity contribution in [2.45, 2.75) is 50.9 Å². The maximum absolute atomic E-state index is 9.61. The molecule has 1 aliphatic heterocycles. The van der Waals surface area contributed by atoms with Gasteiger partial charge in [-0.3, -0.25) is 4.90 Å². The minimum atomic E-state index is -0.340. The van der Waals surface area contributed by atoms with E-state index in [1.165, 1.54) is 5.56 Å². The van der Waals surface area contributed by atoms with Crippen LogP contribution in [0.1, 0.15) is 45.1 Å². The summed E-state index contributed by atoms with van der Waals surface area (Å²) in [6.07, 6.45) is 3.92. The molecule has 1 spiro atoms. The van der Waals surface area contributed by atoms with Crippen LogP contribution in [0.25, 0.3) is 0 Å². The van der Waals surface area contributed by atoms with Crippen molar-refractivity contribution >= 4 is 0 Å². The maximum Gasteiger partial charge on any atom is 0.168 e. The lowest BCUT2D eigenvalue weighted by atomic mass is 9.73. The van der Waals surface area contributed by atoms with Gasteiger partial charge in [0.1, 0.15) is 5.75 Å². The molecule has 1 aromatic carbocycles. The van der Waals surface area contributed by atoms with Crippen LogP contribution in [-0.2, 0) is 15.0 Å². The molecule has 2 fully saturated rings. The maximum atomic E-state index is 9.61. The van der Waals surface area contributed by atoms with E-state index in [-0.39, 0.29) is 11.3 Å². The Kier molecular flexibility index (Phi) is 4.44. The number of benzene rings is 1. The molecule has 0 aromatic heterocycles. The molecule has 1 saturated heterocycles. The van der Waals surface area contributed by atoms with Crippen LogP contribution in [0.15, 0.2) is 24.3 Å². The minimum Gasteiger partial charge on any atom is -0.508 e. The van der Waals surface area contributed by atoms with Crippen LogP contribution in [0.2, 0.25) is 0 Å². The fourth-order valence-electron chi connectivity index (χ4n) is 4.22. The highest BCUT2D eigenvalue weighted by Gasteiger charge is 2.48. The van der Waals surface area contributed by atoms with Crippen molar-refractivity contribution in [3.63, 3.8) is 0 Å². The van der Waals surface area contributed by atoms with Gasteiger partial charge >= 0.3 is 0 Å². The lowest BCUT2D eigenvalue weighted by Crippen LogP contribution is -2.52. The van der Waals surface area contributed by atoms with Crippen LogP contribution in [-0.4, -0.2) is 42.1 Å². The summed E-state index contributed by atoms with van der Waals surface area (Å²) in [7, 11) is 0. The Hall–Kier alpha value is -1.10. The van der Waals surface area contributed by atoms with E-state index in [0.29, 0.717) is 5.75 Å². The topological polar surface area (TPSA) is 41.9 Å². The Balaban J connectivity index is 1.89. The van der Waals surface area contributed by atoms with Crippen molar-refractivity contribution in [3.8, 4) is 5.75 Å². The number of ether oxygens (including phenoxy) is 2. The summed E-state index contributed by atoms with van der Waals surface area (Å²) in [5.74, 6) is -0.0127. The predicted molar refractivity (Wildman–Crippen MR) is 85.8 cm³/mol. The minimum absolute atomic E-state index is 0.0256. The first kappa shape index (κ1) is 15.8. The summed E-state index contributed by atoms with van der Waals surface area (Å²) in [4.78, 5) is 2.54. The fraction of sp³-hybridized carbons (Fsp3) is 0.667. The molecule has 3 rings (SSSR count). The van der Waals surface area contributed by atoms with Crippen molar-refractivity contribution in [2.24, 2.45) is 0 Å². The summed E-state index contributed by atoms with van der Waals surface area (Å²) in [6.45, 7) is 7.92. The van der Waals surface area contributed by atoms with Gasteiger partial charge in [0.2, 0.25) is 0 Å². The predicted octanol–water partition coefficient (Wildman–Crippen LogP) is 3.25. The quantitative estimate of drug-likeness (QED) is 0.927. The number of rotatable bonds is 4. The normalized spacial score (nSPS) is 23.2. The van der Waals surface area contributed by atoms with E-state index in [1.807, 2.05) is 0 Å². The van der Waals surface area contributed by atoms with Gasteiger partial charge in [-0.25, -0.2) is 0 Å². The molecule has 0 bridgehead atoms. The zero-order valence-electron chi connectivity index (χ0n) is 13.7. The highest BCUT2D eigenvalue weighted by molar-refractivity contribution is 5.32. The largest absolute Gasteiger partial charge is 0.508 e. The number of phenols is 1. The third-order valence-corrected chi connectivity index (χ3v) is 5.43. The molecule has 1 heterocycles. The second-order valence-corrected chi connectivity index (χ2v) is 6.36. The molecule has 1 aliphatic carbocycles. The molecule has 0 atom stereocenters. The lowest BCUT2D eigenvalue weighted by Gasteiger charge is -2.50. The molecule has 1 N–H and O–H groups in total. The highest BCUT2D eigenvalue weighted by Crippen LogP contribution is 2.48. The fourth-order valence-corrected chi connectivity index (χ4v) is 4.22. The van der Waals surface area contributed by atoms with Gasteiger partial charge in [0.15, 0.2) is 5.79 Å². The first-order valence-electron chi connectivity index (χ1n) is 8.47. The van der Waals surface area contributed by atoms with Gasteiger partial charge in [-0.1, -0.05) is 26.0 Å². The third kappa shape index (κ3) is 2.64. The standard InChI is InChI=1S/C18H27NO3/c1-3-19(4-2)17(15-5-7-16(20)8-6-15)9-11-18(12-10-17)21-13-14-22-18/h5-8,20H,3-4,9-14H2,1-2H3. The Morgan fingerprint density at radius 3 is 2.00 bits per heavy atom. The summed E-state index contributed by atoms with van der Waals surface area (Å²) in [5, 5.41) is 9.61. The first-order valence-corrected chi connectivity index (χ1v) is 8.47. The van der Waals surface area contributed by atoms with Crippen LogP contribution < -0.4 is 0 Å². The molecule has 1 aromatic rings. The Labute approximate surface area is 133 Å². The Morgan fingerprint density at radius 1 is 0.955 bits per heavy atom. The molecular formula is C18H27NO3. The average Bonchev–Trinajstić information content (AvgIpc) is 3.00.